The third kappa shape index (κ3) is 2.51. The molecule has 2 atom stereocenters. The fourth-order valence-corrected chi connectivity index (χ4v) is 7.17. The van der Waals surface area contributed by atoms with Crippen molar-refractivity contribution < 1.29 is 19.1 Å². The van der Waals surface area contributed by atoms with Crippen LogP contribution in [0.15, 0.2) is 24.3 Å². The number of benzene rings is 1. The standard InChI is InChI=1S/C23H28FNO3/c1-14(26)22-8-15-6-17(9-22)23(18(7-15)10-22,16-2-4-19(24)5-3-16)11-21(28)25-12-20(27)13-25/h2-5,15,17-18,20,27H,6-13H2,1H3. The number of likely N-dealkylation sites (tertiary alicyclic amines) is 1. The number of ketones is 1. The predicted molar refractivity (Wildman–Crippen MR) is 102 cm³/mol. The molecule has 0 spiro atoms. The number of hydrogen-bond donors (Lipinski definition) is 1. The van der Waals surface area contributed by atoms with Crippen LogP contribution in [-0.4, -0.2) is 40.9 Å². The fourth-order valence-electron chi connectivity index (χ4n) is 7.17. The SMILES string of the molecule is CC(=O)C12CC3CC(C1)C(CC(=O)N1CC(O)C1)(c1ccc(F)cc1)C(C3)C2. The molecular formula is C23H28FNO3. The van der Waals surface area contributed by atoms with Crippen molar-refractivity contribution in [2.24, 2.45) is 23.2 Å². The average Bonchev–Trinajstić information content (AvgIpc) is 2.62. The summed E-state index contributed by atoms with van der Waals surface area (Å²) in [5.74, 6) is 1.25. The number of hydrogen-bond acceptors (Lipinski definition) is 3. The highest BCUT2D eigenvalue weighted by molar-refractivity contribution is 5.83. The van der Waals surface area contributed by atoms with Crippen LogP contribution in [0.1, 0.15) is 51.0 Å². The van der Waals surface area contributed by atoms with Crippen LogP contribution in [0.5, 0.6) is 0 Å². The van der Waals surface area contributed by atoms with Crippen LogP contribution in [0.4, 0.5) is 4.39 Å². The summed E-state index contributed by atoms with van der Waals surface area (Å²) < 4.78 is 13.7. The number of nitrogens with zero attached hydrogens (tertiary/aromatic N) is 1. The molecule has 2 unspecified atom stereocenters. The Bertz CT molecular complexity index is 798. The van der Waals surface area contributed by atoms with E-state index >= 15 is 0 Å². The molecule has 150 valence electrons. The number of Topliss-reactive ketones (excluding diaryl/α,β-unsaturated/α-hetero) is 1. The van der Waals surface area contributed by atoms with Crippen molar-refractivity contribution in [3.05, 3.63) is 35.6 Å². The van der Waals surface area contributed by atoms with Gasteiger partial charge in [0.05, 0.1) is 6.10 Å². The van der Waals surface area contributed by atoms with E-state index < -0.39 is 6.10 Å². The van der Waals surface area contributed by atoms with Crippen molar-refractivity contribution in [2.45, 2.75) is 57.0 Å². The van der Waals surface area contributed by atoms with E-state index in [0.29, 0.717) is 31.2 Å². The maximum absolute atomic E-state index is 13.7. The summed E-state index contributed by atoms with van der Waals surface area (Å²) in [5.41, 5.74) is 0.521. The first kappa shape index (κ1) is 18.3. The zero-order chi connectivity index (χ0) is 19.7. The van der Waals surface area contributed by atoms with E-state index in [4.69, 9.17) is 0 Å². The van der Waals surface area contributed by atoms with Crippen LogP contribution in [0, 0.1) is 29.0 Å². The van der Waals surface area contributed by atoms with Crippen LogP contribution in [0.3, 0.4) is 0 Å². The molecule has 4 saturated carbocycles. The molecule has 4 bridgehead atoms. The van der Waals surface area contributed by atoms with Crippen molar-refractivity contribution >= 4 is 11.7 Å². The quantitative estimate of drug-likeness (QED) is 0.867. The lowest BCUT2D eigenvalue weighted by Gasteiger charge is -2.65. The largest absolute Gasteiger partial charge is 0.389 e. The summed E-state index contributed by atoms with van der Waals surface area (Å²) in [6.45, 7) is 2.56. The van der Waals surface area contributed by atoms with Gasteiger partial charge in [-0.3, -0.25) is 9.59 Å². The minimum atomic E-state index is -0.412. The number of aliphatic hydroxyl groups excluding tert-OH is 1. The van der Waals surface area contributed by atoms with Gasteiger partial charge >= 0.3 is 0 Å². The molecule has 0 aromatic heterocycles. The Morgan fingerprint density at radius 2 is 1.71 bits per heavy atom. The molecule has 1 N–H and O–H groups in total. The van der Waals surface area contributed by atoms with E-state index in [-0.39, 0.29) is 34.4 Å². The van der Waals surface area contributed by atoms with Crippen LogP contribution in [0.25, 0.3) is 0 Å². The summed E-state index contributed by atoms with van der Waals surface area (Å²) in [5, 5.41) is 9.61. The first-order chi connectivity index (χ1) is 13.3. The molecule has 6 rings (SSSR count). The molecule has 1 aromatic rings. The minimum Gasteiger partial charge on any atom is -0.389 e. The summed E-state index contributed by atoms with van der Waals surface area (Å²) in [6.07, 6.45) is 4.80. The highest BCUT2D eigenvalue weighted by Gasteiger charge is 2.64. The number of β-amino-alcohol motifs (C(OH)–C–C–N with tert-alkyl or cyclic N) is 1. The molecule has 1 saturated heterocycles. The Hall–Kier alpha value is -1.75. The minimum absolute atomic E-state index is 0.0824. The molecule has 5 fully saturated rings. The van der Waals surface area contributed by atoms with Gasteiger partial charge < -0.3 is 10.0 Å². The second-order valence-corrected chi connectivity index (χ2v) is 9.86. The Balaban J connectivity index is 1.55. The summed E-state index contributed by atoms with van der Waals surface area (Å²) >= 11 is 0. The highest BCUT2D eigenvalue weighted by Crippen LogP contribution is 2.68. The van der Waals surface area contributed by atoms with Crippen LogP contribution >= 0.6 is 0 Å². The van der Waals surface area contributed by atoms with Crippen molar-refractivity contribution in [2.75, 3.05) is 13.1 Å². The summed E-state index contributed by atoms with van der Waals surface area (Å²) in [7, 11) is 0. The van der Waals surface area contributed by atoms with Crippen molar-refractivity contribution in [1.29, 1.82) is 0 Å². The summed E-state index contributed by atoms with van der Waals surface area (Å²) in [4.78, 5) is 27.4. The van der Waals surface area contributed by atoms with E-state index in [0.717, 1.165) is 37.7 Å². The van der Waals surface area contributed by atoms with Gasteiger partial charge in [-0.25, -0.2) is 4.39 Å². The van der Waals surface area contributed by atoms with Crippen LogP contribution < -0.4 is 0 Å². The molecule has 4 nitrogen and oxygen atoms in total. The lowest BCUT2D eigenvalue weighted by atomic mass is 9.38. The Labute approximate surface area is 165 Å². The summed E-state index contributed by atoms with van der Waals surface area (Å²) in [6, 6.07) is 6.72. The zero-order valence-electron chi connectivity index (χ0n) is 16.4. The van der Waals surface area contributed by atoms with Gasteiger partial charge in [0.15, 0.2) is 0 Å². The van der Waals surface area contributed by atoms with Gasteiger partial charge in [0, 0.05) is 30.3 Å². The first-order valence-electron chi connectivity index (χ1n) is 10.6. The molecule has 4 aliphatic carbocycles. The van der Waals surface area contributed by atoms with Crippen LogP contribution in [-0.2, 0) is 15.0 Å². The predicted octanol–water partition coefficient (Wildman–Crippen LogP) is 3.07. The number of rotatable bonds is 4. The zero-order valence-corrected chi connectivity index (χ0v) is 16.4. The van der Waals surface area contributed by atoms with E-state index in [1.807, 2.05) is 12.1 Å². The van der Waals surface area contributed by atoms with Gasteiger partial charge in [0.1, 0.15) is 11.6 Å². The first-order valence-corrected chi connectivity index (χ1v) is 10.6. The molecule has 1 aromatic carbocycles. The molecule has 1 aliphatic heterocycles. The second kappa shape index (κ2) is 6.12. The topological polar surface area (TPSA) is 57.6 Å². The molecule has 1 heterocycles. The lowest BCUT2D eigenvalue weighted by molar-refractivity contribution is -0.161. The number of aliphatic hydroxyl groups is 1. The molecular weight excluding hydrogens is 357 g/mol. The molecule has 1 amide bonds. The van der Waals surface area contributed by atoms with Crippen molar-refractivity contribution in [3.63, 3.8) is 0 Å². The molecule has 28 heavy (non-hydrogen) atoms. The smallest absolute Gasteiger partial charge is 0.223 e. The number of halogens is 1. The normalized spacial score (nSPS) is 39.1. The molecule has 0 radical (unpaired) electrons. The van der Waals surface area contributed by atoms with Crippen molar-refractivity contribution in [3.8, 4) is 0 Å². The van der Waals surface area contributed by atoms with Crippen LogP contribution in [0.2, 0.25) is 0 Å². The number of carbonyl (C=O) groups excluding carboxylic acids is 2. The van der Waals surface area contributed by atoms with Gasteiger partial charge in [-0.1, -0.05) is 12.1 Å². The Kier molecular flexibility index (Phi) is 4.00. The van der Waals surface area contributed by atoms with E-state index in [1.54, 1.807) is 11.8 Å². The van der Waals surface area contributed by atoms with Crippen molar-refractivity contribution in [1.82, 2.24) is 4.90 Å². The maximum Gasteiger partial charge on any atom is 0.223 e. The third-order valence-electron chi connectivity index (χ3n) is 8.43. The fraction of sp³-hybridized carbons (Fsp3) is 0.652. The monoisotopic (exact) mass is 385 g/mol. The van der Waals surface area contributed by atoms with Gasteiger partial charge in [-0.05, 0) is 74.5 Å². The second-order valence-electron chi connectivity index (χ2n) is 9.86. The van der Waals surface area contributed by atoms with Gasteiger partial charge in [0.2, 0.25) is 5.91 Å². The van der Waals surface area contributed by atoms with Gasteiger partial charge in [0.25, 0.3) is 0 Å². The number of carbonyl (C=O) groups is 2. The highest BCUT2D eigenvalue weighted by atomic mass is 19.1. The number of amides is 1. The molecule has 5 aliphatic rings. The Morgan fingerprint density at radius 3 is 2.25 bits per heavy atom. The average molecular weight is 385 g/mol. The van der Waals surface area contributed by atoms with E-state index in [2.05, 4.69) is 0 Å². The lowest BCUT2D eigenvalue weighted by Crippen LogP contribution is -2.63. The van der Waals surface area contributed by atoms with E-state index in [1.165, 1.54) is 12.1 Å². The Morgan fingerprint density at radius 1 is 1.11 bits per heavy atom. The molecule has 5 heteroatoms. The van der Waals surface area contributed by atoms with Gasteiger partial charge in [-0.15, -0.1) is 0 Å². The van der Waals surface area contributed by atoms with E-state index in [9.17, 15) is 19.1 Å². The van der Waals surface area contributed by atoms with Gasteiger partial charge in [-0.2, -0.15) is 0 Å². The maximum atomic E-state index is 13.7. The third-order valence-corrected chi connectivity index (χ3v) is 8.43.